The first-order valence-corrected chi connectivity index (χ1v) is 4.74. The third-order valence-corrected chi connectivity index (χ3v) is 3.39. The standard InChI is InChI=1S/C9H18N2/c1-3-9-8-5-10-4-7(8)6-11(9)2/h7-10H,3-6H2,1-2H3. The molecule has 3 unspecified atom stereocenters. The van der Waals surface area contributed by atoms with Crippen LogP contribution in [0, 0.1) is 11.8 Å². The molecule has 2 saturated heterocycles. The van der Waals surface area contributed by atoms with Crippen molar-refractivity contribution in [2.75, 3.05) is 26.7 Å². The fraction of sp³-hybridized carbons (Fsp3) is 1.00. The third kappa shape index (κ3) is 1.09. The van der Waals surface area contributed by atoms with Crippen LogP contribution >= 0.6 is 0 Å². The second kappa shape index (κ2) is 2.76. The maximum Gasteiger partial charge on any atom is 0.0134 e. The summed E-state index contributed by atoms with van der Waals surface area (Å²) in [6.45, 7) is 6.14. The normalized spacial score (nSPS) is 44.7. The minimum atomic E-state index is 0.856. The molecule has 0 saturated carbocycles. The highest BCUT2D eigenvalue weighted by molar-refractivity contribution is 4.96. The second-order valence-corrected chi connectivity index (χ2v) is 4.00. The fourth-order valence-electron chi connectivity index (χ4n) is 2.85. The van der Waals surface area contributed by atoms with Crippen LogP contribution in [0.3, 0.4) is 0 Å². The lowest BCUT2D eigenvalue weighted by Gasteiger charge is -2.21. The van der Waals surface area contributed by atoms with Gasteiger partial charge in [0.05, 0.1) is 0 Å². The summed E-state index contributed by atoms with van der Waals surface area (Å²) >= 11 is 0. The number of likely N-dealkylation sites (tertiary alicyclic amines) is 1. The van der Waals surface area contributed by atoms with E-state index in [1.165, 1.54) is 26.1 Å². The van der Waals surface area contributed by atoms with E-state index >= 15 is 0 Å². The van der Waals surface area contributed by atoms with Crippen LogP contribution in [-0.2, 0) is 0 Å². The van der Waals surface area contributed by atoms with E-state index in [2.05, 4.69) is 24.2 Å². The van der Waals surface area contributed by atoms with Gasteiger partial charge in [0, 0.05) is 12.6 Å². The summed E-state index contributed by atoms with van der Waals surface area (Å²) < 4.78 is 0. The van der Waals surface area contributed by atoms with E-state index in [0.717, 1.165) is 17.9 Å². The van der Waals surface area contributed by atoms with Gasteiger partial charge in [0.15, 0.2) is 0 Å². The molecule has 0 aromatic heterocycles. The first-order valence-electron chi connectivity index (χ1n) is 4.74. The molecule has 2 aliphatic heterocycles. The molecule has 3 atom stereocenters. The van der Waals surface area contributed by atoms with Gasteiger partial charge in [-0.15, -0.1) is 0 Å². The maximum atomic E-state index is 3.48. The molecule has 1 N–H and O–H groups in total. The zero-order valence-corrected chi connectivity index (χ0v) is 7.51. The molecule has 0 bridgehead atoms. The van der Waals surface area contributed by atoms with Crippen LogP contribution in [0.4, 0.5) is 0 Å². The Labute approximate surface area is 69.0 Å². The molecule has 0 aromatic rings. The molecule has 2 nitrogen and oxygen atoms in total. The van der Waals surface area contributed by atoms with Gasteiger partial charge in [-0.25, -0.2) is 0 Å². The number of hydrogen-bond acceptors (Lipinski definition) is 2. The largest absolute Gasteiger partial charge is 0.316 e. The highest BCUT2D eigenvalue weighted by Crippen LogP contribution is 2.32. The Morgan fingerprint density at radius 3 is 3.00 bits per heavy atom. The van der Waals surface area contributed by atoms with Crippen molar-refractivity contribution in [3.63, 3.8) is 0 Å². The maximum absolute atomic E-state index is 3.48. The molecular weight excluding hydrogens is 136 g/mol. The van der Waals surface area contributed by atoms with Gasteiger partial charge in [-0.2, -0.15) is 0 Å². The zero-order valence-electron chi connectivity index (χ0n) is 7.51. The van der Waals surface area contributed by atoms with Crippen molar-refractivity contribution in [2.45, 2.75) is 19.4 Å². The van der Waals surface area contributed by atoms with Crippen LogP contribution in [0.25, 0.3) is 0 Å². The van der Waals surface area contributed by atoms with E-state index in [-0.39, 0.29) is 0 Å². The predicted octanol–water partition coefficient (Wildman–Crippen LogP) is 0.546. The van der Waals surface area contributed by atoms with Crippen LogP contribution in [0.1, 0.15) is 13.3 Å². The smallest absolute Gasteiger partial charge is 0.0134 e. The van der Waals surface area contributed by atoms with E-state index in [9.17, 15) is 0 Å². The van der Waals surface area contributed by atoms with Gasteiger partial charge < -0.3 is 10.2 Å². The van der Waals surface area contributed by atoms with Crippen molar-refractivity contribution < 1.29 is 0 Å². The molecule has 0 amide bonds. The van der Waals surface area contributed by atoms with Gasteiger partial charge in [0.2, 0.25) is 0 Å². The van der Waals surface area contributed by atoms with E-state index in [1.807, 2.05) is 0 Å². The first kappa shape index (κ1) is 7.56. The lowest BCUT2D eigenvalue weighted by atomic mass is 9.93. The Kier molecular flexibility index (Phi) is 1.90. The number of hydrogen-bond donors (Lipinski definition) is 1. The average Bonchev–Trinajstić information content (AvgIpc) is 2.46. The fourth-order valence-corrected chi connectivity index (χ4v) is 2.85. The van der Waals surface area contributed by atoms with E-state index in [1.54, 1.807) is 0 Å². The van der Waals surface area contributed by atoms with Crippen molar-refractivity contribution in [3.05, 3.63) is 0 Å². The summed E-state index contributed by atoms with van der Waals surface area (Å²) in [6, 6.07) is 0.856. The van der Waals surface area contributed by atoms with Gasteiger partial charge in [-0.3, -0.25) is 0 Å². The topological polar surface area (TPSA) is 15.3 Å². The van der Waals surface area contributed by atoms with Gasteiger partial charge in [-0.05, 0) is 38.4 Å². The molecule has 2 rings (SSSR count). The summed E-state index contributed by atoms with van der Waals surface area (Å²) in [4.78, 5) is 2.54. The summed E-state index contributed by atoms with van der Waals surface area (Å²) in [7, 11) is 2.27. The van der Waals surface area contributed by atoms with Crippen LogP contribution in [-0.4, -0.2) is 37.6 Å². The summed E-state index contributed by atoms with van der Waals surface area (Å²) in [5.74, 6) is 1.90. The van der Waals surface area contributed by atoms with E-state index < -0.39 is 0 Å². The minimum Gasteiger partial charge on any atom is -0.316 e. The van der Waals surface area contributed by atoms with Crippen LogP contribution in [0.15, 0.2) is 0 Å². The summed E-state index contributed by atoms with van der Waals surface area (Å²) in [5, 5.41) is 3.48. The molecule has 2 heterocycles. The zero-order chi connectivity index (χ0) is 7.84. The van der Waals surface area contributed by atoms with Crippen LogP contribution in [0.2, 0.25) is 0 Å². The number of rotatable bonds is 1. The highest BCUT2D eigenvalue weighted by atomic mass is 15.2. The van der Waals surface area contributed by atoms with Crippen molar-refractivity contribution in [3.8, 4) is 0 Å². The van der Waals surface area contributed by atoms with E-state index in [4.69, 9.17) is 0 Å². The van der Waals surface area contributed by atoms with Crippen LogP contribution < -0.4 is 5.32 Å². The van der Waals surface area contributed by atoms with Gasteiger partial charge in [-0.1, -0.05) is 6.92 Å². The first-order chi connectivity index (χ1) is 5.33. The second-order valence-electron chi connectivity index (χ2n) is 4.00. The van der Waals surface area contributed by atoms with Gasteiger partial charge in [0.25, 0.3) is 0 Å². The molecular formula is C9H18N2. The Morgan fingerprint density at radius 2 is 2.27 bits per heavy atom. The Bertz CT molecular complexity index is 146. The lowest BCUT2D eigenvalue weighted by Crippen LogP contribution is -2.31. The number of nitrogens with one attached hydrogen (secondary N) is 1. The van der Waals surface area contributed by atoms with Crippen molar-refractivity contribution >= 4 is 0 Å². The molecule has 0 aliphatic carbocycles. The number of fused-ring (bicyclic) bond motifs is 1. The average molecular weight is 154 g/mol. The van der Waals surface area contributed by atoms with Crippen molar-refractivity contribution in [1.29, 1.82) is 0 Å². The monoisotopic (exact) mass is 154 g/mol. The lowest BCUT2D eigenvalue weighted by molar-refractivity contribution is 0.264. The molecule has 64 valence electrons. The quantitative estimate of drug-likeness (QED) is 0.593. The van der Waals surface area contributed by atoms with Gasteiger partial charge in [0.1, 0.15) is 0 Å². The Morgan fingerprint density at radius 1 is 1.45 bits per heavy atom. The minimum absolute atomic E-state index is 0.856. The molecule has 2 aliphatic rings. The SMILES string of the molecule is CCC1C2CNCC2CN1C. The number of nitrogens with zero attached hydrogens (tertiary/aromatic N) is 1. The molecule has 11 heavy (non-hydrogen) atoms. The predicted molar refractivity (Wildman–Crippen MR) is 46.6 cm³/mol. The van der Waals surface area contributed by atoms with Gasteiger partial charge >= 0.3 is 0 Å². The molecule has 0 spiro atoms. The summed E-state index contributed by atoms with van der Waals surface area (Å²) in [5.41, 5.74) is 0. The Hall–Kier alpha value is -0.0800. The third-order valence-electron chi connectivity index (χ3n) is 3.39. The van der Waals surface area contributed by atoms with Crippen molar-refractivity contribution in [2.24, 2.45) is 11.8 Å². The van der Waals surface area contributed by atoms with E-state index in [0.29, 0.717) is 0 Å². The molecule has 2 heteroatoms. The van der Waals surface area contributed by atoms with Crippen LogP contribution in [0.5, 0.6) is 0 Å². The summed E-state index contributed by atoms with van der Waals surface area (Å²) in [6.07, 6.45) is 1.32. The highest BCUT2D eigenvalue weighted by Gasteiger charge is 2.41. The Balaban J connectivity index is 2.07. The molecule has 0 radical (unpaired) electrons. The molecule has 0 aromatic carbocycles. The van der Waals surface area contributed by atoms with Crippen molar-refractivity contribution in [1.82, 2.24) is 10.2 Å². The molecule has 2 fully saturated rings.